The molecule has 10 nitrogen and oxygen atoms in total. The van der Waals surface area contributed by atoms with Gasteiger partial charge in [-0.25, -0.2) is 16.8 Å². The number of nitrogens with one attached hydrogen (secondary N) is 2. The molecule has 1 fully saturated rings. The van der Waals surface area contributed by atoms with Gasteiger partial charge in [0.15, 0.2) is 0 Å². The highest BCUT2D eigenvalue weighted by molar-refractivity contribution is 7.99. The number of carbonyl (C=O) groups is 1. The van der Waals surface area contributed by atoms with Crippen LogP contribution in [0.2, 0.25) is 5.02 Å². The number of halogens is 4. The van der Waals surface area contributed by atoms with E-state index in [0.29, 0.717) is 14.9 Å². The van der Waals surface area contributed by atoms with Crippen LogP contribution in [0, 0.1) is 11.3 Å². The lowest BCUT2D eigenvalue weighted by Gasteiger charge is -2.39. The predicted octanol–water partition coefficient (Wildman–Crippen LogP) is 9.44. The van der Waals surface area contributed by atoms with E-state index < -0.39 is 48.3 Å². The van der Waals surface area contributed by atoms with Crippen LogP contribution in [-0.4, -0.2) is 100 Å². The minimum Gasteiger partial charge on any atom is -0.369 e. The molecule has 1 aliphatic carbocycles. The first-order chi connectivity index (χ1) is 30.2. The SMILES string of the molecule is CC(C)CNCC([C@@H](CSc1ccccc1)N(NS(=O)(=O)c1ccccc1)C(=O)c1ccc(N2CCN(CC3=C(c4ccc(Cl)cc4)CCC(C)(C)C3)CC2)cc1)S(=O)(=O)C(F)(F)Cl. The number of carbonyl (C=O) groups excluding carboxylic acids is 1. The number of hydrogen-bond acceptors (Lipinski definition) is 9. The van der Waals surface area contributed by atoms with Crippen LogP contribution in [-0.2, 0) is 19.9 Å². The number of piperazine rings is 1. The van der Waals surface area contributed by atoms with Crippen LogP contribution in [0.3, 0.4) is 0 Å². The summed E-state index contributed by atoms with van der Waals surface area (Å²) >= 11 is 12.6. The molecule has 0 aromatic heterocycles. The molecule has 64 heavy (non-hydrogen) atoms. The van der Waals surface area contributed by atoms with Gasteiger partial charge in [0.1, 0.15) is 5.25 Å². The summed E-state index contributed by atoms with van der Waals surface area (Å²) in [5, 5.41) is 2.27. The van der Waals surface area contributed by atoms with Crippen molar-refractivity contribution < 1.29 is 30.4 Å². The highest BCUT2D eigenvalue weighted by Crippen LogP contribution is 2.43. The fourth-order valence-corrected chi connectivity index (χ4v) is 12.3. The average molecular weight is 977 g/mol. The molecule has 4 aromatic rings. The summed E-state index contributed by atoms with van der Waals surface area (Å²) in [6.07, 6.45) is 3.14. The molecule has 2 N–H and O–H groups in total. The van der Waals surface area contributed by atoms with Crippen molar-refractivity contribution in [1.82, 2.24) is 20.1 Å². The van der Waals surface area contributed by atoms with E-state index >= 15 is 8.78 Å². The van der Waals surface area contributed by atoms with Crippen LogP contribution < -0.4 is 15.0 Å². The molecule has 346 valence electrons. The molecule has 1 aliphatic heterocycles. The first kappa shape index (κ1) is 49.9. The zero-order valence-corrected chi connectivity index (χ0v) is 40.5. The topological polar surface area (TPSA) is 119 Å². The molecule has 0 bridgehead atoms. The Morgan fingerprint density at radius 3 is 2.06 bits per heavy atom. The Labute approximate surface area is 391 Å². The normalized spacial score (nSPS) is 17.4. The lowest BCUT2D eigenvalue weighted by atomic mass is 9.73. The van der Waals surface area contributed by atoms with Crippen molar-refractivity contribution >= 4 is 72.0 Å². The van der Waals surface area contributed by atoms with Gasteiger partial charge in [0, 0.05) is 66.2 Å². The molecule has 6 rings (SSSR count). The molecule has 0 spiro atoms. The number of sulfonamides is 1. The molecular weight excluding hydrogens is 920 g/mol. The first-order valence-electron chi connectivity index (χ1n) is 21.4. The van der Waals surface area contributed by atoms with Crippen molar-refractivity contribution in [2.45, 2.75) is 72.8 Å². The van der Waals surface area contributed by atoms with E-state index in [0.717, 1.165) is 69.4 Å². The third-order valence-corrected chi connectivity index (χ3v) is 16.9. The van der Waals surface area contributed by atoms with Gasteiger partial charge < -0.3 is 10.2 Å². The van der Waals surface area contributed by atoms with E-state index in [4.69, 9.17) is 23.2 Å². The standard InChI is InChI=1S/C47H57Cl2F2N5O5S3/c1-34(2)30-52-31-44(63(58,59)47(49,50)51)43(33-62-40-11-7-5-8-12-40)56(53-64(60,61)41-13-9-6-10-14-41)45(57)36-17-21-39(22-18-36)55-27-25-54(26-28-55)32-37-29-46(3,4)24-23-42(37)35-15-19-38(48)20-16-35/h5-22,34,43-44,52-53H,23-33H2,1-4H3/t43-,44?/m1/s1. The molecule has 1 amide bonds. The Balaban J connectivity index is 1.28. The lowest BCUT2D eigenvalue weighted by molar-refractivity contribution is 0.0636. The van der Waals surface area contributed by atoms with Gasteiger partial charge in [-0.2, -0.15) is 8.78 Å². The third kappa shape index (κ3) is 12.9. The Hall–Kier alpha value is -3.54. The number of sulfone groups is 1. The summed E-state index contributed by atoms with van der Waals surface area (Å²) in [4.78, 5) is 22.2. The second-order valence-electron chi connectivity index (χ2n) is 17.6. The Bertz CT molecular complexity index is 2430. The summed E-state index contributed by atoms with van der Waals surface area (Å²) in [6.45, 7) is 12.0. The molecule has 0 radical (unpaired) electrons. The fraction of sp³-hybridized carbons (Fsp3) is 0.426. The number of hydrogen-bond donors (Lipinski definition) is 2. The van der Waals surface area contributed by atoms with E-state index in [1.165, 1.54) is 41.0 Å². The summed E-state index contributed by atoms with van der Waals surface area (Å²) in [5.41, 5.74) is 5.11. The Morgan fingerprint density at radius 1 is 0.859 bits per heavy atom. The second kappa shape index (κ2) is 21.4. The Kier molecular flexibility index (Phi) is 16.7. The van der Waals surface area contributed by atoms with Gasteiger partial charge >= 0.3 is 4.71 Å². The first-order valence-corrected chi connectivity index (χ1v) is 26.2. The number of thioether (sulfide) groups is 1. The second-order valence-corrected chi connectivity index (χ2v) is 23.7. The number of nitrogens with zero attached hydrogens (tertiary/aromatic N) is 3. The molecule has 2 aliphatic rings. The van der Waals surface area contributed by atoms with Gasteiger partial charge in [0.2, 0.25) is 9.84 Å². The number of benzene rings is 4. The van der Waals surface area contributed by atoms with Crippen LogP contribution in [0.15, 0.2) is 125 Å². The van der Waals surface area contributed by atoms with Crippen LogP contribution >= 0.6 is 35.0 Å². The van der Waals surface area contributed by atoms with Gasteiger partial charge in [-0.3, -0.25) is 14.7 Å². The minimum absolute atomic E-state index is 0.00230. The summed E-state index contributed by atoms with van der Waals surface area (Å²) in [7, 11) is -10.1. The highest BCUT2D eigenvalue weighted by Gasteiger charge is 2.53. The van der Waals surface area contributed by atoms with E-state index in [-0.39, 0.29) is 34.1 Å². The Morgan fingerprint density at radius 2 is 1.47 bits per heavy atom. The van der Waals surface area contributed by atoms with Crippen molar-refractivity contribution in [3.8, 4) is 0 Å². The number of allylic oxidation sites excluding steroid dienone is 1. The maximum Gasteiger partial charge on any atom is 0.423 e. The van der Waals surface area contributed by atoms with Crippen LogP contribution in [0.1, 0.15) is 62.9 Å². The number of alkyl halides is 3. The van der Waals surface area contributed by atoms with E-state index in [1.54, 1.807) is 60.7 Å². The monoisotopic (exact) mass is 975 g/mol. The van der Waals surface area contributed by atoms with Crippen molar-refractivity contribution in [2.75, 3.05) is 56.5 Å². The molecule has 2 atom stereocenters. The molecule has 17 heteroatoms. The van der Waals surface area contributed by atoms with Gasteiger partial charge in [0.05, 0.1) is 10.9 Å². The maximum atomic E-state index is 15.0. The van der Waals surface area contributed by atoms with Gasteiger partial charge in [-0.05, 0) is 121 Å². The van der Waals surface area contributed by atoms with Crippen molar-refractivity contribution in [3.05, 3.63) is 131 Å². The summed E-state index contributed by atoms with van der Waals surface area (Å²) < 4.78 is 80.9. The largest absolute Gasteiger partial charge is 0.423 e. The van der Waals surface area contributed by atoms with Crippen LogP contribution in [0.25, 0.3) is 5.57 Å². The lowest BCUT2D eigenvalue weighted by Crippen LogP contribution is -2.61. The quantitative estimate of drug-likeness (QED) is 0.0539. The number of amides is 1. The molecular formula is C47H57Cl2F2N5O5S3. The van der Waals surface area contributed by atoms with Gasteiger partial charge in [-0.15, -0.1) is 16.6 Å². The van der Waals surface area contributed by atoms with Crippen molar-refractivity contribution in [2.24, 2.45) is 11.3 Å². The molecule has 0 saturated carbocycles. The molecule has 1 heterocycles. The van der Waals surface area contributed by atoms with E-state index in [9.17, 15) is 21.6 Å². The van der Waals surface area contributed by atoms with E-state index in [2.05, 4.69) is 45.9 Å². The number of anilines is 1. The van der Waals surface area contributed by atoms with Crippen LogP contribution in [0.4, 0.5) is 14.5 Å². The summed E-state index contributed by atoms with van der Waals surface area (Å²) in [6, 6.07) is 29.0. The van der Waals surface area contributed by atoms with Crippen molar-refractivity contribution in [1.29, 1.82) is 0 Å². The number of hydrazine groups is 1. The van der Waals surface area contributed by atoms with Gasteiger partial charge in [-0.1, -0.05) is 93.4 Å². The summed E-state index contributed by atoms with van der Waals surface area (Å²) in [5.74, 6) is -1.23. The van der Waals surface area contributed by atoms with Crippen LogP contribution in [0.5, 0.6) is 0 Å². The zero-order valence-electron chi connectivity index (χ0n) is 36.5. The molecule has 1 unspecified atom stereocenters. The number of rotatable bonds is 19. The third-order valence-electron chi connectivity index (χ3n) is 11.7. The van der Waals surface area contributed by atoms with Gasteiger partial charge in [0.25, 0.3) is 15.9 Å². The predicted molar refractivity (Wildman–Crippen MR) is 256 cm³/mol. The minimum atomic E-state index is -5.57. The van der Waals surface area contributed by atoms with E-state index in [1.807, 2.05) is 26.0 Å². The molecule has 1 saturated heterocycles. The zero-order chi connectivity index (χ0) is 46.3. The average Bonchev–Trinajstić information content (AvgIpc) is 3.26. The highest BCUT2D eigenvalue weighted by atomic mass is 35.5. The fourth-order valence-electron chi connectivity index (χ4n) is 8.18. The maximum absolute atomic E-state index is 15.0. The van der Waals surface area contributed by atoms with Crippen molar-refractivity contribution in [3.63, 3.8) is 0 Å². The molecule has 4 aromatic carbocycles. The smallest absolute Gasteiger partial charge is 0.369 e.